The van der Waals surface area contributed by atoms with Gasteiger partial charge >= 0.3 is 0 Å². The summed E-state index contributed by atoms with van der Waals surface area (Å²) in [5.74, 6) is -1.23. The third kappa shape index (κ3) is 3.78. The van der Waals surface area contributed by atoms with Crippen LogP contribution in [0.15, 0.2) is 42.5 Å². The third-order valence-electron chi connectivity index (χ3n) is 3.04. The molecule has 2 aromatic rings. The molecule has 2 nitrogen and oxygen atoms in total. The Morgan fingerprint density at radius 3 is 2.50 bits per heavy atom. The average Bonchev–Trinajstić information content (AvgIpc) is 2.45. The number of ether oxygens (including phenoxy) is 1. The Bertz CT molecular complexity index is 572. The normalized spacial score (nSPS) is 10.6. The molecule has 0 aliphatic carbocycles. The zero-order valence-corrected chi connectivity index (χ0v) is 11.3. The Hall–Kier alpha value is -1.94. The van der Waals surface area contributed by atoms with Gasteiger partial charge in [0.25, 0.3) is 0 Å². The van der Waals surface area contributed by atoms with E-state index >= 15 is 0 Å². The molecule has 4 heteroatoms. The summed E-state index contributed by atoms with van der Waals surface area (Å²) in [7, 11) is 1.90. The number of hydrogen-bond acceptors (Lipinski definition) is 2. The molecule has 0 fully saturated rings. The molecule has 2 aromatic carbocycles. The fourth-order valence-corrected chi connectivity index (χ4v) is 1.95. The van der Waals surface area contributed by atoms with Crippen LogP contribution < -0.4 is 10.1 Å². The molecule has 2 rings (SSSR count). The first-order chi connectivity index (χ1) is 9.70. The van der Waals surface area contributed by atoms with Gasteiger partial charge in [-0.2, -0.15) is 0 Å². The van der Waals surface area contributed by atoms with Crippen LogP contribution in [0.3, 0.4) is 0 Å². The largest absolute Gasteiger partial charge is 0.486 e. The minimum atomic E-state index is -0.683. The lowest BCUT2D eigenvalue weighted by molar-refractivity contribution is 0.288. The summed E-state index contributed by atoms with van der Waals surface area (Å²) in [5.41, 5.74) is 2.16. The Labute approximate surface area is 117 Å². The standard InChI is InChI=1S/C16H17F2NO/c1-19-9-8-12-4-2-3-5-13(12)11-20-16-7-6-14(17)10-15(16)18/h2-7,10,19H,8-9,11H2,1H3. The van der Waals surface area contributed by atoms with Gasteiger partial charge in [-0.3, -0.25) is 0 Å². The fraction of sp³-hybridized carbons (Fsp3) is 0.250. The summed E-state index contributed by atoms with van der Waals surface area (Å²) >= 11 is 0. The summed E-state index contributed by atoms with van der Waals surface area (Å²) in [5, 5.41) is 3.09. The highest BCUT2D eigenvalue weighted by molar-refractivity contribution is 5.29. The van der Waals surface area contributed by atoms with Crippen molar-refractivity contribution < 1.29 is 13.5 Å². The van der Waals surface area contributed by atoms with E-state index < -0.39 is 11.6 Å². The van der Waals surface area contributed by atoms with Gasteiger partial charge in [0.2, 0.25) is 0 Å². The van der Waals surface area contributed by atoms with E-state index in [1.54, 1.807) is 0 Å². The second kappa shape index (κ2) is 7.01. The first kappa shape index (κ1) is 14.5. The van der Waals surface area contributed by atoms with Crippen LogP contribution in [0.1, 0.15) is 11.1 Å². The van der Waals surface area contributed by atoms with Crippen molar-refractivity contribution in [1.82, 2.24) is 5.32 Å². The van der Waals surface area contributed by atoms with Crippen molar-refractivity contribution in [2.75, 3.05) is 13.6 Å². The minimum Gasteiger partial charge on any atom is -0.486 e. The summed E-state index contributed by atoms with van der Waals surface area (Å²) in [4.78, 5) is 0. The molecule has 0 atom stereocenters. The van der Waals surface area contributed by atoms with Crippen molar-refractivity contribution in [3.05, 3.63) is 65.2 Å². The molecule has 0 bridgehead atoms. The van der Waals surface area contributed by atoms with E-state index in [-0.39, 0.29) is 12.4 Å². The van der Waals surface area contributed by atoms with Gasteiger partial charge in [-0.1, -0.05) is 24.3 Å². The maximum absolute atomic E-state index is 13.5. The highest BCUT2D eigenvalue weighted by Gasteiger charge is 2.07. The molecule has 0 aromatic heterocycles. The molecule has 20 heavy (non-hydrogen) atoms. The SMILES string of the molecule is CNCCc1ccccc1COc1ccc(F)cc1F. The van der Waals surface area contributed by atoms with Crippen molar-refractivity contribution in [2.45, 2.75) is 13.0 Å². The summed E-state index contributed by atoms with van der Waals surface area (Å²) in [6, 6.07) is 11.2. The van der Waals surface area contributed by atoms with Crippen LogP contribution in [0.2, 0.25) is 0 Å². The topological polar surface area (TPSA) is 21.3 Å². The van der Waals surface area contributed by atoms with Gasteiger partial charge in [-0.15, -0.1) is 0 Å². The Balaban J connectivity index is 2.06. The molecule has 0 unspecified atom stereocenters. The number of rotatable bonds is 6. The van der Waals surface area contributed by atoms with Crippen molar-refractivity contribution >= 4 is 0 Å². The predicted octanol–water partition coefficient (Wildman–Crippen LogP) is 3.31. The first-order valence-corrected chi connectivity index (χ1v) is 6.50. The lowest BCUT2D eigenvalue weighted by Crippen LogP contribution is -2.12. The summed E-state index contributed by atoms with van der Waals surface area (Å²) in [6.07, 6.45) is 0.877. The monoisotopic (exact) mass is 277 g/mol. The van der Waals surface area contributed by atoms with Gasteiger partial charge in [0, 0.05) is 6.07 Å². The molecular weight excluding hydrogens is 260 g/mol. The highest BCUT2D eigenvalue weighted by atomic mass is 19.1. The smallest absolute Gasteiger partial charge is 0.167 e. The van der Waals surface area contributed by atoms with Crippen LogP contribution in [-0.2, 0) is 13.0 Å². The van der Waals surface area contributed by atoms with Gasteiger partial charge in [0.05, 0.1) is 0 Å². The molecule has 106 valence electrons. The van der Waals surface area contributed by atoms with Crippen molar-refractivity contribution in [3.8, 4) is 5.75 Å². The maximum Gasteiger partial charge on any atom is 0.167 e. The second-order valence-corrected chi connectivity index (χ2v) is 4.49. The van der Waals surface area contributed by atoms with Gasteiger partial charge in [0.15, 0.2) is 11.6 Å². The summed E-state index contributed by atoms with van der Waals surface area (Å²) < 4.78 is 31.7. The van der Waals surface area contributed by atoms with Crippen LogP contribution in [0.25, 0.3) is 0 Å². The quantitative estimate of drug-likeness (QED) is 0.874. The van der Waals surface area contributed by atoms with Gasteiger partial charge in [-0.25, -0.2) is 8.78 Å². The number of benzene rings is 2. The number of likely N-dealkylation sites (N-methyl/N-ethyl adjacent to an activating group) is 1. The van der Waals surface area contributed by atoms with Gasteiger partial charge < -0.3 is 10.1 Å². The zero-order chi connectivity index (χ0) is 14.4. The van der Waals surface area contributed by atoms with Crippen LogP contribution in [-0.4, -0.2) is 13.6 Å². The Morgan fingerprint density at radius 1 is 1.05 bits per heavy atom. The van der Waals surface area contributed by atoms with Crippen LogP contribution in [0.5, 0.6) is 5.75 Å². The minimum absolute atomic E-state index is 0.0646. The van der Waals surface area contributed by atoms with Crippen molar-refractivity contribution in [2.24, 2.45) is 0 Å². The molecule has 0 radical (unpaired) electrons. The van der Waals surface area contributed by atoms with E-state index in [0.717, 1.165) is 30.2 Å². The van der Waals surface area contributed by atoms with Gasteiger partial charge in [0.1, 0.15) is 12.4 Å². The zero-order valence-electron chi connectivity index (χ0n) is 11.3. The van der Waals surface area contributed by atoms with Crippen LogP contribution in [0.4, 0.5) is 8.78 Å². The van der Waals surface area contributed by atoms with E-state index in [2.05, 4.69) is 5.32 Å². The predicted molar refractivity (Wildman–Crippen MR) is 74.8 cm³/mol. The third-order valence-corrected chi connectivity index (χ3v) is 3.04. The number of nitrogens with one attached hydrogen (secondary N) is 1. The Kier molecular flexibility index (Phi) is 5.07. The molecule has 1 N–H and O–H groups in total. The van der Waals surface area contributed by atoms with E-state index in [0.29, 0.717) is 0 Å². The van der Waals surface area contributed by atoms with E-state index in [1.165, 1.54) is 12.1 Å². The molecule has 0 saturated heterocycles. The second-order valence-electron chi connectivity index (χ2n) is 4.49. The molecule has 0 aliphatic rings. The molecule has 0 spiro atoms. The lowest BCUT2D eigenvalue weighted by atomic mass is 10.1. The summed E-state index contributed by atoms with van der Waals surface area (Å²) in [6.45, 7) is 1.13. The maximum atomic E-state index is 13.5. The fourth-order valence-electron chi connectivity index (χ4n) is 1.95. The molecule has 0 aliphatic heterocycles. The van der Waals surface area contributed by atoms with E-state index in [9.17, 15) is 8.78 Å². The van der Waals surface area contributed by atoms with Crippen molar-refractivity contribution in [3.63, 3.8) is 0 Å². The van der Waals surface area contributed by atoms with Crippen molar-refractivity contribution in [1.29, 1.82) is 0 Å². The van der Waals surface area contributed by atoms with Crippen LogP contribution >= 0.6 is 0 Å². The number of hydrogen-bond donors (Lipinski definition) is 1. The molecule has 0 heterocycles. The molecular formula is C16H17F2NO. The number of halogens is 2. The van der Waals surface area contributed by atoms with E-state index in [1.807, 2.05) is 31.3 Å². The Morgan fingerprint density at radius 2 is 1.80 bits per heavy atom. The molecule has 0 saturated carbocycles. The highest BCUT2D eigenvalue weighted by Crippen LogP contribution is 2.20. The lowest BCUT2D eigenvalue weighted by Gasteiger charge is -2.11. The first-order valence-electron chi connectivity index (χ1n) is 6.50. The van der Waals surface area contributed by atoms with Gasteiger partial charge in [-0.05, 0) is 43.3 Å². The molecule has 0 amide bonds. The average molecular weight is 277 g/mol. The van der Waals surface area contributed by atoms with Crippen LogP contribution in [0, 0.1) is 11.6 Å². The van der Waals surface area contributed by atoms with E-state index in [4.69, 9.17) is 4.74 Å².